The van der Waals surface area contributed by atoms with Crippen molar-refractivity contribution >= 4 is 33.3 Å². The molecule has 142 valence electrons. The van der Waals surface area contributed by atoms with E-state index in [0.29, 0.717) is 0 Å². The van der Waals surface area contributed by atoms with Crippen molar-refractivity contribution in [3.05, 3.63) is 101 Å². The number of rotatable bonds is 2. The summed E-state index contributed by atoms with van der Waals surface area (Å²) in [5, 5.41) is 2.58. The van der Waals surface area contributed by atoms with E-state index in [1.165, 1.54) is 55.6 Å². The van der Waals surface area contributed by atoms with Crippen LogP contribution in [0.15, 0.2) is 84.5 Å². The molecule has 0 spiro atoms. The van der Waals surface area contributed by atoms with Gasteiger partial charge in [-0.05, 0) is 62.4 Å². The highest BCUT2D eigenvalue weighted by molar-refractivity contribution is 6.19. The fourth-order valence-corrected chi connectivity index (χ4v) is 4.38. The second kappa shape index (κ2) is 6.59. The minimum atomic E-state index is 1.23. The average molecular weight is 378 g/mol. The number of allylic oxidation sites excluding steroid dienone is 5. The van der Waals surface area contributed by atoms with Crippen LogP contribution in [0.5, 0.6) is 0 Å². The Morgan fingerprint density at radius 2 is 1.55 bits per heavy atom. The van der Waals surface area contributed by atoms with Gasteiger partial charge in [0.05, 0.1) is 0 Å². The summed E-state index contributed by atoms with van der Waals surface area (Å²) in [7, 11) is 8.40. The van der Waals surface area contributed by atoms with Gasteiger partial charge in [-0.3, -0.25) is 0 Å². The fraction of sp³-hybridized carbons (Fsp3) is 0.148. The summed E-state index contributed by atoms with van der Waals surface area (Å²) in [6.07, 6.45) is 6.84. The second-order valence-corrected chi connectivity index (χ2v) is 8.15. The molecule has 3 aromatic rings. The van der Waals surface area contributed by atoms with Crippen molar-refractivity contribution in [1.29, 1.82) is 0 Å². The highest BCUT2D eigenvalue weighted by Gasteiger charge is 2.30. The van der Waals surface area contributed by atoms with Gasteiger partial charge in [-0.25, -0.2) is 4.58 Å². The van der Waals surface area contributed by atoms with Gasteiger partial charge in [-0.2, -0.15) is 0 Å². The van der Waals surface area contributed by atoms with Crippen molar-refractivity contribution in [2.45, 2.75) is 0 Å². The first-order valence-electron chi connectivity index (χ1n) is 10.0. The molecule has 0 radical (unpaired) electrons. The van der Waals surface area contributed by atoms with Crippen LogP contribution < -0.4 is 4.90 Å². The number of anilines is 1. The predicted molar refractivity (Wildman–Crippen MR) is 125 cm³/mol. The van der Waals surface area contributed by atoms with Gasteiger partial charge >= 0.3 is 0 Å². The van der Waals surface area contributed by atoms with Crippen molar-refractivity contribution in [2.75, 3.05) is 33.1 Å². The third-order valence-electron chi connectivity index (χ3n) is 5.93. The van der Waals surface area contributed by atoms with Crippen LogP contribution in [0.25, 0.3) is 21.9 Å². The largest absolute Gasteiger partial charge is 0.378 e. The van der Waals surface area contributed by atoms with Crippen LogP contribution in [0, 0.1) is 0 Å². The SMILES string of the molecule is CN(C)c1ccc2c(c1)C1=CC(=[N+](C)C)C=CC1=C2c1cccc2ccccc12. The topological polar surface area (TPSA) is 6.25 Å². The number of fused-ring (bicyclic) bond motifs is 4. The van der Waals surface area contributed by atoms with Crippen molar-refractivity contribution in [3.8, 4) is 0 Å². The zero-order chi connectivity index (χ0) is 20.1. The van der Waals surface area contributed by atoms with E-state index in [4.69, 9.17) is 0 Å². The first kappa shape index (κ1) is 17.7. The van der Waals surface area contributed by atoms with Crippen LogP contribution in [0.4, 0.5) is 5.69 Å². The molecule has 0 atom stereocenters. The molecule has 0 amide bonds. The lowest BCUT2D eigenvalue weighted by molar-refractivity contribution is -0.462. The molecule has 5 rings (SSSR count). The number of hydrogen-bond acceptors (Lipinski definition) is 1. The summed E-state index contributed by atoms with van der Waals surface area (Å²) in [4.78, 5) is 2.17. The summed E-state index contributed by atoms with van der Waals surface area (Å²) in [5.74, 6) is 0. The fourth-order valence-electron chi connectivity index (χ4n) is 4.38. The Balaban J connectivity index is 1.84. The Kier molecular flexibility index (Phi) is 4.02. The second-order valence-electron chi connectivity index (χ2n) is 8.15. The van der Waals surface area contributed by atoms with Gasteiger partial charge in [-0.15, -0.1) is 0 Å². The summed E-state index contributed by atoms with van der Waals surface area (Å²) in [6, 6.07) is 22.1. The lowest BCUT2D eigenvalue weighted by Crippen LogP contribution is -2.11. The van der Waals surface area contributed by atoms with Crippen LogP contribution in [0.3, 0.4) is 0 Å². The summed E-state index contributed by atoms with van der Waals surface area (Å²) < 4.78 is 2.17. The maximum absolute atomic E-state index is 2.33. The Labute approximate surface area is 172 Å². The molecule has 29 heavy (non-hydrogen) atoms. The minimum absolute atomic E-state index is 1.23. The summed E-state index contributed by atoms with van der Waals surface area (Å²) in [5.41, 5.74) is 10.4. The molecular formula is C27H25N2+. The van der Waals surface area contributed by atoms with Crippen LogP contribution in [0.1, 0.15) is 16.7 Å². The Morgan fingerprint density at radius 1 is 0.759 bits per heavy atom. The van der Waals surface area contributed by atoms with E-state index in [9.17, 15) is 0 Å². The van der Waals surface area contributed by atoms with Crippen molar-refractivity contribution in [1.82, 2.24) is 0 Å². The maximum atomic E-state index is 2.33. The predicted octanol–water partition coefficient (Wildman–Crippen LogP) is 5.39. The lowest BCUT2D eigenvalue weighted by Gasteiger charge is -2.15. The molecule has 2 aliphatic rings. The van der Waals surface area contributed by atoms with Crippen molar-refractivity contribution < 1.29 is 4.58 Å². The molecule has 0 fully saturated rings. The van der Waals surface area contributed by atoms with Gasteiger partial charge in [-0.1, -0.05) is 48.5 Å². The highest BCUT2D eigenvalue weighted by Crippen LogP contribution is 2.48. The molecule has 2 aliphatic carbocycles. The van der Waals surface area contributed by atoms with Gasteiger partial charge in [0, 0.05) is 31.9 Å². The summed E-state index contributed by atoms with van der Waals surface area (Å²) >= 11 is 0. The number of hydrogen-bond donors (Lipinski definition) is 0. The molecule has 0 bridgehead atoms. The Hall–Kier alpha value is -3.39. The van der Waals surface area contributed by atoms with E-state index >= 15 is 0 Å². The molecule has 0 saturated carbocycles. The van der Waals surface area contributed by atoms with E-state index in [-0.39, 0.29) is 0 Å². The van der Waals surface area contributed by atoms with Gasteiger partial charge in [0.25, 0.3) is 0 Å². The smallest absolute Gasteiger partial charge is 0.200 e. The maximum Gasteiger partial charge on any atom is 0.200 e. The quantitative estimate of drug-likeness (QED) is 0.543. The van der Waals surface area contributed by atoms with E-state index in [0.717, 1.165) is 0 Å². The zero-order valence-electron chi connectivity index (χ0n) is 17.4. The van der Waals surface area contributed by atoms with Gasteiger partial charge in [0.2, 0.25) is 0 Å². The first-order valence-corrected chi connectivity index (χ1v) is 10.0. The number of benzene rings is 3. The van der Waals surface area contributed by atoms with E-state index in [2.05, 4.69) is 117 Å². The van der Waals surface area contributed by atoms with Crippen LogP contribution in [-0.2, 0) is 0 Å². The molecule has 0 N–H and O–H groups in total. The molecule has 0 aliphatic heterocycles. The standard InChI is InChI=1S/C27H25N2/c1-28(2)19-12-14-23-25(16-19)26-17-20(29(3)4)13-15-24(26)27(23)22-11-7-9-18-8-5-6-10-21(18)22/h5-17H,1-4H3/q+1. The van der Waals surface area contributed by atoms with Crippen LogP contribution in [0.2, 0.25) is 0 Å². The molecule has 0 heterocycles. The van der Waals surface area contributed by atoms with Crippen molar-refractivity contribution in [2.24, 2.45) is 0 Å². The molecule has 0 saturated heterocycles. The average Bonchev–Trinajstić information content (AvgIpc) is 3.06. The van der Waals surface area contributed by atoms with Crippen LogP contribution >= 0.6 is 0 Å². The monoisotopic (exact) mass is 377 g/mol. The molecule has 3 aromatic carbocycles. The van der Waals surface area contributed by atoms with Gasteiger partial charge < -0.3 is 4.90 Å². The lowest BCUT2D eigenvalue weighted by atomic mass is 9.91. The zero-order valence-corrected chi connectivity index (χ0v) is 17.4. The third kappa shape index (κ3) is 2.75. The van der Waals surface area contributed by atoms with E-state index in [1.807, 2.05) is 0 Å². The molecular weight excluding hydrogens is 352 g/mol. The van der Waals surface area contributed by atoms with Gasteiger partial charge in [0.1, 0.15) is 14.1 Å². The molecule has 2 nitrogen and oxygen atoms in total. The van der Waals surface area contributed by atoms with Crippen LogP contribution in [-0.4, -0.2) is 38.5 Å². The minimum Gasteiger partial charge on any atom is -0.378 e. The first-order chi connectivity index (χ1) is 14.0. The normalized spacial score (nSPS) is 14.8. The Bertz CT molecular complexity index is 1270. The molecule has 0 aromatic heterocycles. The van der Waals surface area contributed by atoms with E-state index < -0.39 is 0 Å². The third-order valence-corrected chi connectivity index (χ3v) is 5.93. The van der Waals surface area contributed by atoms with E-state index in [1.54, 1.807) is 0 Å². The van der Waals surface area contributed by atoms with Crippen molar-refractivity contribution in [3.63, 3.8) is 0 Å². The molecule has 0 unspecified atom stereocenters. The highest BCUT2D eigenvalue weighted by atomic mass is 15.1. The Morgan fingerprint density at radius 3 is 2.34 bits per heavy atom. The summed E-state index contributed by atoms with van der Waals surface area (Å²) in [6.45, 7) is 0. The molecule has 2 heteroatoms. The number of nitrogens with zero attached hydrogens (tertiary/aromatic N) is 2. The van der Waals surface area contributed by atoms with Gasteiger partial charge in [0.15, 0.2) is 5.71 Å².